The van der Waals surface area contributed by atoms with E-state index in [1.54, 1.807) is 11.8 Å². The van der Waals surface area contributed by atoms with E-state index in [0.717, 1.165) is 53.6 Å². The molecule has 0 radical (unpaired) electrons. The van der Waals surface area contributed by atoms with Gasteiger partial charge in [-0.1, -0.05) is 62.9 Å². The highest BCUT2D eigenvalue weighted by atomic mass is 32.2. The number of allylic oxidation sites excluding steroid dienone is 1. The monoisotopic (exact) mass is 449 g/mol. The molecule has 0 atom stereocenters. The van der Waals surface area contributed by atoms with Gasteiger partial charge in [-0.05, 0) is 67.3 Å². The topological polar surface area (TPSA) is 47.8 Å². The Morgan fingerprint density at radius 3 is 2.22 bits per heavy atom. The molecule has 5 heteroatoms. The maximum atomic E-state index is 13.4. The van der Waals surface area contributed by atoms with Crippen LogP contribution >= 0.6 is 11.8 Å². The van der Waals surface area contributed by atoms with Gasteiger partial charge in [0.2, 0.25) is 0 Å². The number of hydrogen-bond acceptors (Lipinski definition) is 4. The lowest BCUT2D eigenvalue weighted by molar-refractivity contribution is -0.141. The van der Waals surface area contributed by atoms with E-state index in [-0.39, 0.29) is 10.8 Å². The zero-order chi connectivity index (χ0) is 22.5. The van der Waals surface area contributed by atoms with E-state index >= 15 is 0 Å². The normalized spacial score (nSPS) is 28.8. The molecule has 0 aliphatic heterocycles. The largest absolute Gasteiger partial charge is 0.298 e. The Morgan fingerprint density at radius 2 is 1.69 bits per heavy atom. The van der Waals surface area contributed by atoms with E-state index in [0.29, 0.717) is 18.1 Å². The Kier molecular flexibility index (Phi) is 5.59. The quantitative estimate of drug-likeness (QED) is 0.367. The fourth-order valence-corrected chi connectivity index (χ4v) is 7.74. The number of aromatic nitrogens is 3. The van der Waals surface area contributed by atoms with Gasteiger partial charge in [0.15, 0.2) is 11.0 Å². The zero-order valence-corrected chi connectivity index (χ0v) is 20.5. The molecule has 170 valence electrons. The third-order valence-electron chi connectivity index (χ3n) is 8.00. The molecule has 1 heterocycles. The van der Waals surface area contributed by atoms with Gasteiger partial charge in [0, 0.05) is 17.5 Å². The summed E-state index contributed by atoms with van der Waals surface area (Å²) in [5, 5.41) is 9.79. The first-order valence-corrected chi connectivity index (χ1v) is 13.1. The van der Waals surface area contributed by atoms with Gasteiger partial charge in [0.05, 0.1) is 5.75 Å². The molecule has 4 aliphatic rings. The van der Waals surface area contributed by atoms with E-state index in [9.17, 15) is 4.79 Å². The van der Waals surface area contributed by atoms with Crippen LogP contribution in [0.5, 0.6) is 0 Å². The van der Waals surface area contributed by atoms with Crippen molar-refractivity contribution in [2.45, 2.75) is 76.4 Å². The first-order chi connectivity index (χ1) is 15.3. The number of carbonyl (C=O) groups is 1. The first-order valence-electron chi connectivity index (χ1n) is 12.1. The van der Waals surface area contributed by atoms with Gasteiger partial charge in [-0.3, -0.25) is 9.36 Å². The lowest BCUT2D eigenvalue weighted by Crippen LogP contribution is -2.50. The van der Waals surface area contributed by atoms with Crippen LogP contribution in [0.25, 0.3) is 11.4 Å². The third kappa shape index (κ3) is 3.98. The Balaban J connectivity index is 1.33. The molecule has 4 aliphatic carbocycles. The van der Waals surface area contributed by atoms with E-state index < -0.39 is 0 Å². The van der Waals surface area contributed by atoms with Crippen molar-refractivity contribution in [1.82, 2.24) is 14.8 Å². The summed E-state index contributed by atoms with van der Waals surface area (Å²) < 4.78 is 2.09. The summed E-state index contributed by atoms with van der Waals surface area (Å²) in [5.41, 5.74) is 2.42. The summed E-state index contributed by atoms with van der Waals surface area (Å²) in [7, 11) is 0. The van der Waals surface area contributed by atoms with Crippen LogP contribution < -0.4 is 0 Å². The number of nitrogens with zero attached hydrogens (tertiary/aromatic N) is 3. The van der Waals surface area contributed by atoms with Gasteiger partial charge in [0.1, 0.15) is 5.78 Å². The second-order valence-electron chi connectivity index (χ2n) is 11.4. The average Bonchev–Trinajstić information content (AvgIpc) is 3.13. The first kappa shape index (κ1) is 21.9. The molecule has 4 bridgehead atoms. The standard InChI is InChI=1S/C27H35N3OS/c1-5-10-30-24(21-6-8-22(9-7-21)26(2,3)4)28-29-25(30)32-17-23(31)27-14-18-11-19(15-27)13-20(12-18)16-27/h5-9,18-20H,1,10-17H2,2-4H3. The summed E-state index contributed by atoms with van der Waals surface area (Å²) in [6.45, 7) is 11.2. The van der Waals surface area contributed by atoms with Crippen LogP contribution in [0.1, 0.15) is 64.9 Å². The maximum absolute atomic E-state index is 13.4. The Morgan fingerprint density at radius 1 is 1.09 bits per heavy atom. The molecule has 32 heavy (non-hydrogen) atoms. The van der Waals surface area contributed by atoms with Crippen molar-refractivity contribution < 1.29 is 4.79 Å². The molecule has 1 aromatic carbocycles. The fraction of sp³-hybridized carbons (Fsp3) is 0.593. The fourth-order valence-electron chi connectivity index (χ4n) is 6.76. The SMILES string of the molecule is C=CCn1c(SCC(=O)C23CC4CC(CC(C4)C2)C3)nnc1-c1ccc(C(C)(C)C)cc1. The third-order valence-corrected chi connectivity index (χ3v) is 8.97. The lowest BCUT2D eigenvalue weighted by atomic mass is 9.48. The molecule has 6 rings (SSSR count). The molecule has 4 fully saturated rings. The molecule has 0 N–H and O–H groups in total. The molecule has 0 saturated heterocycles. The van der Waals surface area contributed by atoms with Crippen molar-refractivity contribution >= 4 is 17.5 Å². The summed E-state index contributed by atoms with van der Waals surface area (Å²) in [6.07, 6.45) is 9.36. The van der Waals surface area contributed by atoms with E-state index in [4.69, 9.17) is 0 Å². The second-order valence-corrected chi connectivity index (χ2v) is 12.4. The molecule has 0 amide bonds. The van der Waals surface area contributed by atoms with Crippen LogP contribution in [-0.2, 0) is 16.8 Å². The molecule has 4 nitrogen and oxygen atoms in total. The van der Waals surface area contributed by atoms with Crippen molar-refractivity contribution in [2.75, 3.05) is 5.75 Å². The molecular weight excluding hydrogens is 414 g/mol. The van der Waals surface area contributed by atoms with Gasteiger partial charge < -0.3 is 0 Å². The molecule has 1 aromatic heterocycles. The average molecular weight is 450 g/mol. The molecule has 2 aromatic rings. The van der Waals surface area contributed by atoms with Crippen molar-refractivity contribution in [3.8, 4) is 11.4 Å². The Bertz CT molecular complexity index is 979. The molecule has 4 saturated carbocycles. The van der Waals surface area contributed by atoms with Crippen LogP contribution in [0.3, 0.4) is 0 Å². The van der Waals surface area contributed by atoms with Gasteiger partial charge in [0.25, 0.3) is 0 Å². The highest BCUT2D eigenvalue weighted by Crippen LogP contribution is 2.60. The molecule has 0 unspecified atom stereocenters. The number of Topliss-reactive ketones (excluding diaryl/α,β-unsaturated/α-hetero) is 1. The van der Waals surface area contributed by atoms with Crippen LogP contribution in [0.2, 0.25) is 0 Å². The van der Waals surface area contributed by atoms with Crippen LogP contribution in [-0.4, -0.2) is 26.3 Å². The van der Waals surface area contributed by atoms with Crippen molar-refractivity contribution in [2.24, 2.45) is 23.2 Å². The van der Waals surface area contributed by atoms with Gasteiger partial charge in [-0.15, -0.1) is 16.8 Å². The zero-order valence-electron chi connectivity index (χ0n) is 19.6. The van der Waals surface area contributed by atoms with Crippen molar-refractivity contribution in [3.63, 3.8) is 0 Å². The van der Waals surface area contributed by atoms with Crippen LogP contribution in [0.15, 0.2) is 42.1 Å². The van der Waals surface area contributed by atoms with Gasteiger partial charge in [-0.2, -0.15) is 0 Å². The van der Waals surface area contributed by atoms with E-state index in [2.05, 4.69) is 66.4 Å². The Hall–Kier alpha value is -1.88. The number of ketones is 1. The molecule has 0 spiro atoms. The minimum absolute atomic E-state index is 0.0450. The van der Waals surface area contributed by atoms with Crippen LogP contribution in [0, 0.1) is 23.2 Å². The number of benzene rings is 1. The predicted octanol–water partition coefficient (Wildman–Crippen LogP) is 6.31. The van der Waals surface area contributed by atoms with E-state index in [1.165, 1.54) is 24.8 Å². The minimum Gasteiger partial charge on any atom is -0.298 e. The summed E-state index contributed by atoms with van der Waals surface area (Å²) in [6, 6.07) is 8.59. The molecular formula is C27H35N3OS. The van der Waals surface area contributed by atoms with E-state index in [1.807, 2.05) is 6.08 Å². The van der Waals surface area contributed by atoms with Crippen LogP contribution in [0.4, 0.5) is 0 Å². The highest BCUT2D eigenvalue weighted by molar-refractivity contribution is 7.99. The smallest absolute Gasteiger partial charge is 0.192 e. The van der Waals surface area contributed by atoms with Crippen molar-refractivity contribution in [1.29, 1.82) is 0 Å². The summed E-state index contributed by atoms with van der Waals surface area (Å²) in [4.78, 5) is 13.4. The summed E-state index contributed by atoms with van der Waals surface area (Å²) in [5.74, 6) is 4.18. The van der Waals surface area contributed by atoms with Gasteiger partial charge in [-0.25, -0.2) is 0 Å². The number of carbonyl (C=O) groups excluding carboxylic acids is 1. The lowest BCUT2D eigenvalue weighted by Gasteiger charge is -2.56. The maximum Gasteiger partial charge on any atom is 0.192 e. The Labute approximate surface area is 196 Å². The minimum atomic E-state index is -0.0450. The second kappa shape index (κ2) is 8.16. The number of thioether (sulfide) groups is 1. The van der Waals surface area contributed by atoms with Gasteiger partial charge >= 0.3 is 0 Å². The number of hydrogen-bond donors (Lipinski definition) is 0. The number of rotatable bonds is 7. The summed E-state index contributed by atoms with van der Waals surface area (Å²) >= 11 is 1.56. The highest BCUT2D eigenvalue weighted by Gasteiger charge is 2.54. The predicted molar refractivity (Wildman–Crippen MR) is 131 cm³/mol. The van der Waals surface area contributed by atoms with Crippen molar-refractivity contribution in [3.05, 3.63) is 42.5 Å².